The first kappa shape index (κ1) is 26.3. The van der Waals surface area contributed by atoms with E-state index in [0.29, 0.717) is 55.2 Å². The average molecular weight is 517 g/mol. The minimum atomic E-state index is -1.06. The van der Waals surface area contributed by atoms with Gasteiger partial charge in [-0.2, -0.15) is 13.5 Å². The highest BCUT2D eigenvalue weighted by Crippen LogP contribution is 2.48. The van der Waals surface area contributed by atoms with Crippen molar-refractivity contribution in [1.29, 1.82) is 0 Å². The summed E-state index contributed by atoms with van der Waals surface area (Å²) in [4.78, 5) is 30.4. The van der Waals surface area contributed by atoms with Crippen LogP contribution in [0.3, 0.4) is 0 Å². The van der Waals surface area contributed by atoms with Gasteiger partial charge in [-0.05, 0) is 74.0 Å². The van der Waals surface area contributed by atoms with Crippen LogP contribution in [-0.2, 0) is 4.79 Å². The Hall–Kier alpha value is -2.81. The maximum Gasteiger partial charge on any atom is 0.326 e. The van der Waals surface area contributed by atoms with Crippen molar-refractivity contribution in [3.8, 4) is 17.4 Å². The third-order valence-electron chi connectivity index (χ3n) is 6.80. The Labute approximate surface area is 217 Å². The van der Waals surface area contributed by atoms with E-state index in [1.165, 1.54) is 11.0 Å². The maximum absolute atomic E-state index is 15.2. The molecule has 3 fully saturated rings. The number of carboxylic acids is 1. The fourth-order valence-corrected chi connectivity index (χ4v) is 4.64. The first-order valence-corrected chi connectivity index (χ1v) is 12.5. The van der Waals surface area contributed by atoms with Gasteiger partial charge < -0.3 is 19.5 Å². The summed E-state index contributed by atoms with van der Waals surface area (Å²) in [5.41, 5.74) is 1.69. The number of hydrogen-bond acceptors (Lipinski definition) is 5. The molecule has 1 atom stereocenters. The van der Waals surface area contributed by atoms with E-state index in [2.05, 4.69) is 18.8 Å². The molecule has 0 unspecified atom stereocenters. The van der Waals surface area contributed by atoms with Crippen molar-refractivity contribution in [2.45, 2.75) is 70.3 Å². The van der Waals surface area contributed by atoms with Crippen LogP contribution in [0.25, 0.3) is 0 Å². The highest BCUT2D eigenvalue weighted by molar-refractivity contribution is 7.59. The Morgan fingerprint density at radius 3 is 2.44 bits per heavy atom. The van der Waals surface area contributed by atoms with Crippen LogP contribution in [0.15, 0.2) is 24.4 Å². The minimum Gasteiger partial charge on any atom is -0.480 e. The molecular formula is C27H33FN2O5S. The topological polar surface area (TPSA) is 89.0 Å². The third-order valence-corrected chi connectivity index (χ3v) is 6.80. The van der Waals surface area contributed by atoms with Crippen LogP contribution in [0.4, 0.5) is 4.39 Å². The normalized spacial score (nSPS) is 19.2. The summed E-state index contributed by atoms with van der Waals surface area (Å²) >= 11 is 0. The van der Waals surface area contributed by atoms with Crippen molar-refractivity contribution in [3.63, 3.8) is 0 Å². The van der Waals surface area contributed by atoms with E-state index in [4.69, 9.17) is 9.47 Å². The predicted octanol–water partition coefficient (Wildman–Crippen LogP) is 5.60. The van der Waals surface area contributed by atoms with Gasteiger partial charge in [-0.3, -0.25) is 4.79 Å². The molecule has 1 saturated heterocycles. The fraction of sp³-hybridized carbons (Fsp3) is 0.519. The van der Waals surface area contributed by atoms with Gasteiger partial charge in [-0.1, -0.05) is 13.8 Å². The van der Waals surface area contributed by atoms with E-state index >= 15 is 4.39 Å². The molecule has 2 aromatic rings. The number of carbonyl (C=O) groups is 2. The zero-order valence-corrected chi connectivity index (χ0v) is 21.6. The number of halogens is 1. The molecule has 1 amide bonds. The molecule has 2 aliphatic carbocycles. The van der Waals surface area contributed by atoms with Crippen LogP contribution in [0.5, 0.6) is 17.4 Å². The van der Waals surface area contributed by atoms with Crippen LogP contribution in [0.2, 0.25) is 0 Å². The zero-order chi connectivity index (χ0) is 24.7. The Morgan fingerprint density at radius 2 is 1.81 bits per heavy atom. The highest BCUT2D eigenvalue weighted by atomic mass is 32.1. The van der Waals surface area contributed by atoms with E-state index in [9.17, 15) is 14.7 Å². The summed E-state index contributed by atoms with van der Waals surface area (Å²) in [6.45, 7) is 5.07. The predicted molar refractivity (Wildman–Crippen MR) is 137 cm³/mol. The van der Waals surface area contributed by atoms with Crippen LogP contribution in [0.1, 0.15) is 85.7 Å². The number of aromatic nitrogens is 1. The molecule has 36 heavy (non-hydrogen) atoms. The number of nitrogens with zero attached hydrogens (tertiary/aromatic N) is 2. The van der Waals surface area contributed by atoms with Crippen molar-refractivity contribution in [3.05, 3.63) is 46.9 Å². The van der Waals surface area contributed by atoms with Gasteiger partial charge in [0.1, 0.15) is 23.4 Å². The lowest BCUT2D eigenvalue weighted by atomic mass is 10.0. The Morgan fingerprint density at radius 1 is 1.11 bits per heavy atom. The molecule has 1 aromatic heterocycles. The van der Waals surface area contributed by atoms with Gasteiger partial charge in [0.05, 0.1) is 18.4 Å². The molecule has 7 nitrogen and oxygen atoms in total. The number of carboxylic acid groups (broad SMARTS) is 1. The van der Waals surface area contributed by atoms with E-state index < -0.39 is 23.7 Å². The SMILES string of the molecule is CC(C)COc1ncc(Oc2cc(F)c(C(=O)N3CCC[C@H]3C(=O)O)cc2C2CC2)cc1C1CC1.S. The van der Waals surface area contributed by atoms with Gasteiger partial charge in [0, 0.05) is 18.2 Å². The lowest BCUT2D eigenvalue weighted by molar-refractivity contribution is -0.141. The van der Waals surface area contributed by atoms with Gasteiger partial charge in [0.2, 0.25) is 5.88 Å². The monoisotopic (exact) mass is 516 g/mol. The van der Waals surface area contributed by atoms with Crippen LogP contribution >= 0.6 is 13.5 Å². The number of ether oxygens (including phenoxy) is 2. The lowest BCUT2D eigenvalue weighted by Crippen LogP contribution is -2.40. The van der Waals surface area contributed by atoms with Gasteiger partial charge in [-0.25, -0.2) is 14.2 Å². The Balaban J connectivity index is 0.00000304. The fourth-order valence-electron chi connectivity index (χ4n) is 4.64. The molecule has 194 valence electrons. The van der Waals surface area contributed by atoms with Crippen molar-refractivity contribution < 1.29 is 28.6 Å². The number of pyridine rings is 1. The van der Waals surface area contributed by atoms with E-state index in [-0.39, 0.29) is 25.0 Å². The van der Waals surface area contributed by atoms with E-state index in [1.54, 1.807) is 12.3 Å². The van der Waals surface area contributed by atoms with Crippen LogP contribution in [-0.4, -0.2) is 46.1 Å². The number of aliphatic carboxylic acids is 1. The summed E-state index contributed by atoms with van der Waals surface area (Å²) in [6, 6.07) is 3.82. The Bertz CT molecular complexity index is 1150. The molecule has 2 saturated carbocycles. The first-order valence-electron chi connectivity index (χ1n) is 12.5. The van der Waals surface area contributed by atoms with Crippen molar-refractivity contribution in [1.82, 2.24) is 9.88 Å². The molecule has 3 aliphatic rings. The molecule has 5 rings (SSSR count). The number of likely N-dealkylation sites (tertiary alicyclic amines) is 1. The van der Waals surface area contributed by atoms with Crippen molar-refractivity contribution in [2.24, 2.45) is 5.92 Å². The molecule has 0 bridgehead atoms. The number of rotatable bonds is 9. The second-order valence-corrected chi connectivity index (χ2v) is 10.3. The zero-order valence-electron chi connectivity index (χ0n) is 20.6. The summed E-state index contributed by atoms with van der Waals surface area (Å²) in [6.07, 6.45) is 6.60. The molecule has 0 spiro atoms. The van der Waals surface area contributed by atoms with Gasteiger partial charge in [0.15, 0.2) is 0 Å². The molecule has 9 heteroatoms. The maximum atomic E-state index is 15.2. The minimum absolute atomic E-state index is 0. The molecule has 0 radical (unpaired) electrons. The van der Waals surface area contributed by atoms with Crippen molar-refractivity contribution >= 4 is 25.4 Å². The number of carbonyl (C=O) groups excluding carboxylic acids is 1. The number of benzene rings is 1. The number of hydrogen-bond donors (Lipinski definition) is 1. The molecule has 1 aromatic carbocycles. The molecular weight excluding hydrogens is 483 g/mol. The summed E-state index contributed by atoms with van der Waals surface area (Å²) in [5, 5.41) is 9.43. The Kier molecular flexibility index (Phi) is 7.78. The van der Waals surface area contributed by atoms with E-state index in [1.807, 2.05) is 6.07 Å². The second-order valence-electron chi connectivity index (χ2n) is 10.3. The highest BCUT2D eigenvalue weighted by Gasteiger charge is 2.37. The molecule has 2 heterocycles. The summed E-state index contributed by atoms with van der Waals surface area (Å²) < 4.78 is 27.2. The van der Waals surface area contributed by atoms with Gasteiger partial charge in [0.25, 0.3) is 5.91 Å². The van der Waals surface area contributed by atoms with Crippen LogP contribution in [0, 0.1) is 11.7 Å². The summed E-state index contributed by atoms with van der Waals surface area (Å²) in [7, 11) is 0. The molecule has 1 N–H and O–H groups in total. The van der Waals surface area contributed by atoms with Gasteiger partial charge >= 0.3 is 5.97 Å². The van der Waals surface area contributed by atoms with Crippen LogP contribution < -0.4 is 9.47 Å². The van der Waals surface area contributed by atoms with Gasteiger partial charge in [-0.15, -0.1) is 0 Å². The lowest BCUT2D eigenvalue weighted by Gasteiger charge is -2.22. The largest absolute Gasteiger partial charge is 0.480 e. The van der Waals surface area contributed by atoms with E-state index in [0.717, 1.165) is 36.8 Å². The number of amides is 1. The smallest absolute Gasteiger partial charge is 0.326 e. The summed E-state index contributed by atoms with van der Waals surface area (Å²) in [5.74, 6) is 0.136. The quantitative estimate of drug-likeness (QED) is 0.466. The third kappa shape index (κ3) is 5.61. The van der Waals surface area contributed by atoms with Crippen molar-refractivity contribution in [2.75, 3.05) is 13.2 Å². The first-order chi connectivity index (χ1) is 16.8. The average Bonchev–Trinajstić information content (AvgIpc) is 3.75. The standard InChI is InChI=1S/C27H31FN2O5.H2S/c1-15(2)14-34-25-20(17-7-8-17)10-18(13-29-25)35-24-12-22(28)21(11-19(24)16-5-6-16)26(31)30-9-3-4-23(30)27(32)33;/h10-13,15-17,23H,3-9,14H2,1-2H3,(H,32,33);1H2/t23-;/m0./s1. The molecule has 1 aliphatic heterocycles. The second kappa shape index (κ2) is 10.7.